The molecule has 0 aliphatic carbocycles. The molecule has 1 rings (SSSR count). The van der Waals surface area contributed by atoms with Gasteiger partial charge in [-0.1, -0.05) is 13.8 Å². The Hall–Kier alpha value is -0.290. The fraction of sp³-hybridized carbons (Fsp3) is 1.00. The van der Waals surface area contributed by atoms with Gasteiger partial charge >= 0.3 is 6.18 Å². The molecule has 0 radical (unpaired) electrons. The lowest BCUT2D eigenvalue weighted by atomic mass is 10.0. The summed E-state index contributed by atoms with van der Waals surface area (Å²) in [5.41, 5.74) is 0. The van der Waals surface area contributed by atoms with Gasteiger partial charge in [0.05, 0.1) is 0 Å². The smallest absolute Gasteiger partial charge is 0.314 e. The quantitative estimate of drug-likeness (QED) is 0.787. The van der Waals surface area contributed by atoms with Crippen LogP contribution in [0, 0.1) is 5.92 Å². The summed E-state index contributed by atoms with van der Waals surface area (Å²) < 4.78 is 38.4. The second kappa shape index (κ2) is 5.16. The molecule has 1 saturated heterocycles. The van der Waals surface area contributed by atoms with E-state index in [-0.39, 0.29) is 12.3 Å². The highest BCUT2D eigenvalue weighted by Gasteiger charge is 2.43. The highest BCUT2D eigenvalue weighted by atomic mass is 19.4. The minimum atomic E-state index is -4.10. The standard InChI is InChI=1S/C10H19F3N2/c1-8(2)7-9(10(11,12)13)15-5-3-14-4-6-15/h8-9,14H,3-7H2,1-2H3/t9-/m1/s1. The van der Waals surface area contributed by atoms with Crippen LogP contribution >= 0.6 is 0 Å². The van der Waals surface area contributed by atoms with Crippen molar-refractivity contribution in [1.29, 1.82) is 0 Å². The fourth-order valence-corrected chi connectivity index (χ4v) is 1.93. The number of piperazine rings is 1. The number of nitrogens with one attached hydrogen (secondary N) is 1. The zero-order chi connectivity index (χ0) is 11.5. The molecule has 0 bridgehead atoms. The van der Waals surface area contributed by atoms with E-state index in [1.54, 1.807) is 4.90 Å². The molecule has 2 nitrogen and oxygen atoms in total. The predicted molar refractivity (Wildman–Crippen MR) is 53.7 cm³/mol. The van der Waals surface area contributed by atoms with E-state index in [4.69, 9.17) is 0 Å². The summed E-state index contributed by atoms with van der Waals surface area (Å²) in [4.78, 5) is 1.55. The van der Waals surface area contributed by atoms with E-state index < -0.39 is 12.2 Å². The fourth-order valence-electron chi connectivity index (χ4n) is 1.93. The molecule has 0 aromatic heterocycles. The van der Waals surface area contributed by atoms with Gasteiger partial charge in [-0.25, -0.2) is 0 Å². The Bertz CT molecular complexity index is 186. The number of rotatable bonds is 3. The third kappa shape index (κ3) is 3.99. The molecular weight excluding hydrogens is 205 g/mol. The summed E-state index contributed by atoms with van der Waals surface area (Å²) in [5.74, 6) is 0.0755. The van der Waals surface area contributed by atoms with Crippen molar-refractivity contribution in [3.63, 3.8) is 0 Å². The third-order valence-corrected chi connectivity index (χ3v) is 2.66. The minimum absolute atomic E-state index is 0.0755. The molecule has 0 amide bonds. The first-order valence-electron chi connectivity index (χ1n) is 5.42. The molecule has 1 aliphatic rings. The molecule has 15 heavy (non-hydrogen) atoms. The Kier molecular flexibility index (Phi) is 4.40. The Labute approximate surface area is 88.8 Å². The molecule has 90 valence electrons. The highest BCUT2D eigenvalue weighted by molar-refractivity contribution is 4.82. The topological polar surface area (TPSA) is 15.3 Å². The Balaban J connectivity index is 2.61. The Morgan fingerprint density at radius 1 is 1.20 bits per heavy atom. The molecule has 0 saturated carbocycles. The van der Waals surface area contributed by atoms with Gasteiger partial charge in [-0.2, -0.15) is 13.2 Å². The van der Waals surface area contributed by atoms with Crippen molar-refractivity contribution in [2.24, 2.45) is 5.92 Å². The number of alkyl halides is 3. The summed E-state index contributed by atoms with van der Waals surface area (Å²) in [6, 6.07) is -1.26. The van der Waals surface area contributed by atoms with Crippen molar-refractivity contribution in [3.8, 4) is 0 Å². The van der Waals surface area contributed by atoms with Gasteiger partial charge in [-0.15, -0.1) is 0 Å². The molecule has 1 atom stereocenters. The van der Waals surface area contributed by atoms with Gasteiger partial charge in [0.2, 0.25) is 0 Å². The van der Waals surface area contributed by atoms with Crippen LogP contribution in [0.2, 0.25) is 0 Å². The molecule has 1 aliphatic heterocycles. The van der Waals surface area contributed by atoms with E-state index in [0.717, 1.165) is 0 Å². The summed E-state index contributed by atoms with van der Waals surface area (Å²) in [6.07, 6.45) is -3.90. The van der Waals surface area contributed by atoms with E-state index in [2.05, 4.69) is 5.32 Å². The van der Waals surface area contributed by atoms with Crippen LogP contribution in [-0.2, 0) is 0 Å². The lowest BCUT2D eigenvalue weighted by Gasteiger charge is -2.36. The molecule has 1 fully saturated rings. The molecule has 1 N–H and O–H groups in total. The number of hydrogen-bond acceptors (Lipinski definition) is 2. The summed E-state index contributed by atoms with van der Waals surface area (Å²) in [5, 5.41) is 3.07. The van der Waals surface area contributed by atoms with Crippen molar-refractivity contribution in [3.05, 3.63) is 0 Å². The summed E-state index contributed by atoms with van der Waals surface area (Å²) >= 11 is 0. The maximum atomic E-state index is 12.8. The van der Waals surface area contributed by atoms with Gasteiger partial charge in [0.15, 0.2) is 0 Å². The van der Waals surface area contributed by atoms with Crippen LogP contribution in [0.25, 0.3) is 0 Å². The zero-order valence-electron chi connectivity index (χ0n) is 9.27. The second-order valence-electron chi connectivity index (χ2n) is 4.47. The molecule has 5 heteroatoms. The van der Waals surface area contributed by atoms with Gasteiger partial charge in [0, 0.05) is 26.2 Å². The van der Waals surface area contributed by atoms with Gasteiger partial charge in [0.1, 0.15) is 6.04 Å². The molecular formula is C10H19F3N2. The van der Waals surface area contributed by atoms with Crippen molar-refractivity contribution in [1.82, 2.24) is 10.2 Å². The van der Waals surface area contributed by atoms with Crippen LogP contribution in [0.4, 0.5) is 13.2 Å². The SMILES string of the molecule is CC(C)C[C@@H](N1CCNCC1)C(F)(F)F. The van der Waals surface area contributed by atoms with Crippen LogP contribution in [0.3, 0.4) is 0 Å². The normalized spacial score (nSPS) is 22.0. The van der Waals surface area contributed by atoms with Crippen molar-refractivity contribution in [2.75, 3.05) is 26.2 Å². The van der Waals surface area contributed by atoms with Crippen LogP contribution in [0.15, 0.2) is 0 Å². The third-order valence-electron chi connectivity index (χ3n) is 2.66. The van der Waals surface area contributed by atoms with E-state index in [1.165, 1.54) is 0 Å². The maximum absolute atomic E-state index is 12.8. The first-order chi connectivity index (χ1) is 6.91. The van der Waals surface area contributed by atoms with Gasteiger partial charge in [-0.05, 0) is 12.3 Å². The van der Waals surface area contributed by atoms with Gasteiger partial charge in [-0.3, -0.25) is 4.90 Å². The number of nitrogens with zero attached hydrogens (tertiary/aromatic N) is 1. The largest absolute Gasteiger partial charge is 0.404 e. The number of halogens is 3. The maximum Gasteiger partial charge on any atom is 0.404 e. The van der Waals surface area contributed by atoms with Gasteiger partial charge < -0.3 is 5.32 Å². The first-order valence-corrected chi connectivity index (χ1v) is 5.42. The van der Waals surface area contributed by atoms with E-state index >= 15 is 0 Å². The molecule has 0 aromatic carbocycles. The first kappa shape index (κ1) is 12.8. The predicted octanol–water partition coefficient (Wildman–Crippen LogP) is 1.87. The number of hydrogen-bond donors (Lipinski definition) is 1. The molecule has 0 unspecified atom stereocenters. The average molecular weight is 224 g/mol. The second-order valence-corrected chi connectivity index (χ2v) is 4.47. The highest BCUT2D eigenvalue weighted by Crippen LogP contribution is 2.29. The molecule has 0 aromatic rings. The van der Waals surface area contributed by atoms with Crippen LogP contribution in [0.1, 0.15) is 20.3 Å². The Morgan fingerprint density at radius 2 is 1.73 bits per heavy atom. The molecule has 0 spiro atoms. The van der Waals surface area contributed by atoms with Crippen LogP contribution < -0.4 is 5.32 Å². The lowest BCUT2D eigenvalue weighted by Crippen LogP contribution is -2.54. The van der Waals surface area contributed by atoms with E-state index in [1.807, 2.05) is 13.8 Å². The monoisotopic (exact) mass is 224 g/mol. The Morgan fingerprint density at radius 3 is 2.13 bits per heavy atom. The molecule has 1 heterocycles. The minimum Gasteiger partial charge on any atom is -0.314 e. The zero-order valence-corrected chi connectivity index (χ0v) is 9.27. The van der Waals surface area contributed by atoms with Crippen molar-refractivity contribution >= 4 is 0 Å². The van der Waals surface area contributed by atoms with E-state index in [0.29, 0.717) is 26.2 Å². The van der Waals surface area contributed by atoms with Crippen molar-refractivity contribution < 1.29 is 13.2 Å². The van der Waals surface area contributed by atoms with Crippen LogP contribution in [0.5, 0.6) is 0 Å². The van der Waals surface area contributed by atoms with Gasteiger partial charge in [0.25, 0.3) is 0 Å². The van der Waals surface area contributed by atoms with E-state index in [9.17, 15) is 13.2 Å². The summed E-state index contributed by atoms with van der Waals surface area (Å²) in [6.45, 7) is 5.98. The lowest BCUT2D eigenvalue weighted by molar-refractivity contribution is -0.189. The summed E-state index contributed by atoms with van der Waals surface area (Å²) in [7, 11) is 0. The average Bonchev–Trinajstić information content (AvgIpc) is 2.14. The van der Waals surface area contributed by atoms with Crippen LogP contribution in [-0.4, -0.2) is 43.3 Å². The van der Waals surface area contributed by atoms with Crippen molar-refractivity contribution in [2.45, 2.75) is 32.5 Å².